The van der Waals surface area contributed by atoms with Crippen LogP contribution in [0.15, 0.2) is 52.7 Å². The Labute approximate surface area is 102 Å². The molecule has 1 aromatic carbocycles. The van der Waals surface area contributed by atoms with Crippen LogP contribution in [0.5, 0.6) is 0 Å². The Morgan fingerprint density at radius 3 is 2.50 bits per heavy atom. The first-order valence-corrected chi connectivity index (χ1v) is 6.79. The van der Waals surface area contributed by atoms with Crippen LogP contribution in [-0.2, 0) is 0 Å². The molecule has 0 N–H and O–H groups in total. The first-order valence-electron chi connectivity index (χ1n) is 4.96. The van der Waals surface area contributed by atoms with Crippen LogP contribution in [0.1, 0.15) is 0 Å². The van der Waals surface area contributed by atoms with Gasteiger partial charge < -0.3 is 0 Å². The summed E-state index contributed by atoms with van der Waals surface area (Å²) >= 11 is 3.41. The summed E-state index contributed by atoms with van der Waals surface area (Å²) in [7, 11) is 0. The summed E-state index contributed by atoms with van der Waals surface area (Å²) in [6.45, 7) is 0. The molecule has 78 valence electrons. The summed E-state index contributed by atoms with van der Waals surface area (Å²) in [4.78, 5) is 4.37. The highest BCUT2D eigenvalue weighted by Crippen LogP contribution is 2.35. The fourth-order valence-electron chi connectivity index (χ4n) is 1.66. The van der Waals surface area contributed by atoms with E-state index in [4.69, 9.17) is 0 Å². The van der Waals surface area contributed by atoms with Gasteiger partial charge in [0.25, 0.3) is 0 Å². The second kappa shape index (κ2) is 4.20. The van der Waals surface area contributed by atoms with Gasteiger partial charge in [0, 0.05) is 28.1 Å². The van der Waals surface area contributed by atoms with E-state index < -0.39 is 0 Å². The van der Waals surface area contributed by atoms with Crippen LogP contribution >= 0.6 is 22.7 Å². The fraction of sp³-hybridized carbons (Fsp3) is 0. The van der Waals surface area contributed by atoms with Crippen LogP contribution in [-0.4, -0.2) is 4.98 Å². The predicted molar refractivity (Wildman–Crippen MR) is 70.9 cm³/mol. The molecule has 1 nitrogen and oxygen atoms in total. The summed E-state index contributed by atoms with van der Waals surface area (Å²) in [6, 6.07) is 10.5. The second-order valence-electron chi connectivity index (χ2n) is 3.40. The maximum atomic E-state index is 4.37. The third kappa shape index (κ3) is 1.68. The lowest BCUT2D eigenvalue weighted by molar-refractivity contribution is 1.42. The van der Waals surface area contributed by atoms with E-state index in [-0.39, 0.29) is 0 Å². The summed E-state index contributed by atoms with van der Waals surface area (Å²) in [5.74, 6) is 0. The standard InChI is InChI=1S/C13H9NS2/c1-2-4-10(5-3-1)11-8-15-9-12(11)13-14-6-7-16-13/h1-9H. The smallest absolute Gasteiger partial charge is 0.124 e. The number of nitrogens with zero attached hydrogens (tertiary/aromatic N) is 1. The summed E-state index contributed by atoms with van der Waals surface area (Å²) in [5.41, 5.74) is 3.78. The highest BCUT2D eigenvalue weighted by Gasteiger charge is 2.09. The minimum atomic E-state index is 1.10. The van der Waals surface area contributed by atoms with E-state index in [1.54, 1.807) is 22.7 Å². The second-order valence-corrected chi connectivity index (χ2v) is 5.04. The zero-order valence-corrected chi connectivity index (χ0v) is 10.1. The molecule has 0 amide bonds. The lowest BCUT2D eigenvalue weighted by Crippen LogP contribution is -1.77. The topological polar surface area (TPSA) is 12.9 Å². The molecule has 0 fully saturated rings. The van der Waals surface area contributed by atoms with Gasteiger partial charge in [-0.1, -0.05) is 30.3 Å². The van der Waals surface area contributed by atoms with Gasteiger partial charge in [-0.15, -0.1) is 11.3 Å². The van der Waals surface area contributed by atoms with Gasteiger partial charge in [0.05, 0.1) is 0 Å². The van der Waals surface area contributed by atoms with Crippen molar-refractivity contribution in [2.24, 2.45) is 0 Å². The summed E-state index contributed by atoms with van der Waals surface area (Å²) < 4.78 is 0. The molecule has 2 aromatic heterocycles. The van der Waals surface area contributed by atoms with E-state index in [1.165, 1.54) is 16.7 Å². The minimum absolute atomic E-state index is 1.10. The number of thiazole rings is 1. The molecule has 3 heteroatoms. The van der Waals surface area contributed by atoms with Crippen molar-refractivity contribution in [1.29, 1.82) is 0 Å². The molecular weight excluding hydrogens is 234 g/mol. The molecule has 0 bridgehead atoms. The molecule has 2 heterocycles. The van der Waals surface area contributed by atoms with Crippen LogP contribution in [0, 0.1) is 0 Å². The Kier molecular flexibility index (Phi) is 2.56. The van der Waals surface area contributed by atoms with E-state index in [2.05, 4.69) is 40.0 Å². The van der Waals surface area contributed by atoms with Gasteiger partial charge in [-0.3, -0.25) is 0 Å². The van der Waals surface area contributed by atoms with Crippen molar-refractivity contribution in [1.82, 2.24) is 4.98 Å². The zero-order chi connectivity index (χ0) is 10.8. The monoisotopic (exact) mass is 243 g/mol. The van der Waals surface area contributed by atoms with E-state index in [1.807, 2.05) is 17.6 Å². The third-order valence-electron chi connectivity index (χ3n) is 2.41. The SMILES string of the molecule is c1ccc(-c2cscc2-c2nccs2)cc1. The molecule has 0 aliphatic rings. The van der Waals surface area contributed by atoms with Crippen LogP contribution in [0.25, 0.3) is 21.7 Å². The largest absolute Gasteiger partial charge is 0.244 e. The number of aromatic nitrogens is 1. The van der Waals surface area contributed by atoms with Crippen molar-refractivity contribution in [3.63, 3.8) is 0 Å². The van der Waals surface area contributed by atoms with Crippen molar-refractivity contribution >= 4 is 22.7 Å². The first-order chi connectivity index (χ1) is 7.95. The maximum Gasteiger partial charge on any atom is 0.124 e. The Hall–Kier alpha value is -1.45. The molecule has 0 unspecified atom stereocenters. The van der Waals surface area contributed by atoms with E-state index in [0.717, 1.165) is 5.01 Å². The first kappa shape index (κ1) is 9.75. The summed E-state index contributed by atoms with van der Waals surface area (Å²) in [6.07, 6.45) is 1.85. The highest BCUT2D eigenvalue weighted by atomic mass is 32.1. The number of benzene rings is 1. The predicted octanol–water partition coefficient (Wildman–Crippen LogP) is 4.54. The van der Waals surface area contributed by atoms with E-state index in [9.17, 15) is 0 Å². The van der Waals surface area contributed by atoms with Gasteiger partial charge in [0.1, 0.15) is 5.01 Å². The molecule has 0 radical (unpaired) electrons. The van der Waals surface area contributed by atoms with Crippen molar-refractivity contribution in [3.05, 3.63) is 52.7 Å². The number of hydrogen-bond acceptors (Lipinski definition) is 3. The fourth-order valence-corrected chi connectivity index (χ4v) is 3.25. The van der Waals surface area contributed by atoms with Crippen molar-refractivity contribution in [2.75, 3.05) is 0 Å². The van der Waals surface area contributed by atoms with Crippen molar-refractivity contribution in [3.8, 4) is 21.7 Å². The van der Waals surface area contributed by atoms with E-state index >= 15 is 0 Å². The average molecular weight is 243 g/mol. The normalized spacial score (nSPS) is 10.5. The van der Waals surface area contributed by atoms with Crippen LogP contribution in [0.3, 0.4) is 0 Å². The Balaban J connectivity index is 2.14. The van der Waals surface area contributed by atoms with Crippen molar-refractivity contribution < 1.29 is 0 Å². The van der Waals surface area contributed by atoms with Gasteiger partial charge in [-0.2, -0.15) is 11.3 Å². The van der Waals surface area contributed by atoms with Crippen LogP contribution in [0.2, 0.25) is 0 Å². The van der Waals surface area contributed by atoms with Crippen molar-refractivity contribution in [2.45, 2.75) is 0 Å². The number of thiophene rings is 1. The Bertz CT molecular complexity index is 567. The molecule has 0 saturated heterocycles. The molecule has 0 saturated carbocycles. The van der Waals surface area contributed by atoms with Gasteiger partial charge in [-0.25, -0.2) is 4.98 Å². The molecule has 0 spiro atoms. The van der Waals surface area contributed by atoms with E-state index in [0.29, 0.717) is 0 Å². The minimum Gasteiger partial charge on any atom is -0.244 e. The molecular formula is C13H9NS2. The average Bonchev–Trinajstić information content (AvgIpc) is 3.01. The Morgan fingerprint density at radius 1 is 0.938 bits per heavy atom. The zero-order valence-electron chi connectivity index (χ0n) is 8.46. The lowest BCUT2D eigenvalue weighted by atomic mass is 10.1. The third-order valence-corrected chi connectivity index (χ3v) is 3.96. The van der Waals surface area contributed by atoms with Gasteiger partial charge in [0.15, 0.2) is 0 Å². The van der Waals surface area contributed by atoms with Gasteiger partial charge in [0.2, 0.25) is 0 Å². The number of hydrogen-bond donors (Lipinski definition) is 0. The number of rotatable bonds is 2. The molecule has 3 rings (SSSR count). The van der Waals surface area contributed by atoms with Gasteiger partial charge >= 0.3 is 0 Å². The molecule has 0 aliphatic heterocycles. The Morgan fingerprint density at radius 2 is 1.75 bits per heavy atom. The lowest BCUT2D eigenvalue weighted by Gasteiger charge is -2.00. The molecule has 0 atom stereocenters. The molecule has 3 aromatic rings. The highest BCUT2D eigenvalue weighted by molar-refractivity contribution is 7.14. The molecule has 0 aliphatic carbocycles. The maximum absolute atomic E-state index is 4.37. The van der Waals surface area contributed by atoms with Crippen LogP contribution in [0.4, 0.5) is 0 Å². The quantitative estimate of drug-likeness (QED) is 0.644. The van der Waals surface area contributed by atoms with Crippen LogP contribution < -0.4 is 0 Å². The van der Waals surface area contributed by atoms with Gasteiger partial charge in [-0.05, 0) is 10.9 Å². The summed E-state index contributed by atoms with van der Waals surface area (Å²) in [5, 5.41) is 7.47. The molecule has 16 heavy (non-hydrogen) atoms.